The lowest BCUT2D eigenvalue weighted by Gasteiger charge is -2.38. The van der Waals surface area contributed by atoms with Crippen molar-refractivity contribution in [2.75, 3.05) is 18.0 Å². The topological polar surface area (TPSA) is 32.3 Å². The Morgan fingerprint density at radius 3 is 2.67 bits per heavy atom. The number of anilines is 1. The lowest BCUT2D eigenvalue weighted by atomic mass is 9.99. The molecule has 0 aromatic heterocycles. The minimum Gasteiger partial charge on any atom is -0.314 e. The first kappa shape index (κ1) is 13.1. The second-order valence-corrected chi connectivity index (χ2v) is 5.76. The van der Waals surface area contributed by atoms with Gasteiger partial charge in [0.1, 0.15) is 0 Å². The number of hydrogen-bond acceptors (Lipinski definition) is 2. The SMILES string of the molecule is Cc1ccc(N2C(=O)CCNCC2(C)C)c(C)c1. The van der Waals surface area contributed by atoms with Gasteiger partial charge in [0.05, 0.1) is 5.54 Å². The minimum absolute atomic E-state index is 0.187. The fraction of sp³-hybridized carbons (Fsp3) is 0.533. The molecule has 1 N–H and O–H groups in total. The van der Waals surface area contributed by atoms with Crippen LogP contribution in [-0.2, 0) is 4.79 Å². The summed E-state index contributed by atoms with van der Waals surface area (Å²) in [5.41, 5.74) is 3.25. The highest BCUT2D eigenvalue weighted by atomic mass is 16.2. The second kappa shape index (κ2) is 4.73. The molecule has 0 unspecified atom stereocenters. The van der Waals surface area contributed by atoms with Crippen molar-refractivity contribution in [3.8, 4) is 0 Å². The zero-order chi connectivity index (χ0) is 13.3. The molecule has 98 valence electrons. The molecule has 0 saturated carbocycles. The van der Waals surface area contributed by atoms with Crippen LogP contribution in [0.15, 0.2) is 18.2 Å². The van der Waals surface area contributed by atoms with Crippen molar-refractivity contribution in [1.29, 1.82) is 0 Å². The van der Waals surface area contributed by atoms with E-state index in [-0.39, 0.29) is 11.4 Å². The van der Waals surface area contributed by atoms with Gasteiger partial charge in [-0.2, -0.15) is 0 Å². The second-order valence-electron chi connectivity index (χ2n) is 5.76. The summed E-state index contributed by atoms with van der Waals surface area (Å²) in [4.78, 5) is 14.3. The van der Waals surface area contributed by atoms with Gasteiger partial charge in [-0.15, -0.1) is 0 Å². The average Bonchev–Trinajstić information content (AvgIpc) is 2.39. The molecule has 1 aromatic carbocycles. The molecule has 1 aliphatic heterocycles. The third-order valence-corrected chi connectivity index (χ3v) is 3.52. The molecular weight excluding hydrogens is 224 g/mol. The lowest BCUT2D eigenvalue weighted by Crippen LogP contribution is -2.51. The normalized spacial score (nSPS) is 19.8. The fourth-order valence-electron chi connectivity index (χ4n) is 2.63. The van der Waals surface area contributed by atoms with E-state index in [9.17, 15) is 4.79 Å². The Bertz CT molecular complexity index is 466. The van der Waals surface area contributed by atoms with Crippen LogP contribution in [0.4, 0.5) is 5.69 Å². The first-order valence-electron chi connectivity index (χ1n) is 6.53. The van der Waals surface area contributed by atoms with E-state index in [1.54, 1.807) is 0 Å². The molecule has 3 nitrogen and oxygen atoms in total. The van der Waals surface area contributed by atoms with E-state index in [4.69, 9.17) is 0 Å². The number of amides is 1. The van der Waals surface area contributed by atoms with E-state index in [0.717, 1.165) is 18.8 Å². The van der Waals surface area contributed by atoms with E-state index in [1.807, 2.05) is 4.90 Å². The van der Waals surface area contributed by atoms with Gasteiger partial charge >= 0.3 is 0 Å². The summed E-state index contributed by atoms with van der Waals surface area (Å²) in [7, 11) is 0. The van der Waals surface area contributed by atoms with E-state index < -0.39 is 0 Å². The Morgan fingerprint density at radius 2 is 2.00 bits per heavy atom. The summed E-state index contributed by atoms with van der Waals surface area (Å²) in [5, 5.41) is 3.34. The van der Waals surface area contributed by atoms with Gasteiger partial charge in [0.25, 0.3) is 0 Å². The average molecular weight is 246 g/mol. The predicted octanol–water partition coefficient (Wildman–Crippen LogP) is 2.41. The van der Waals surface area contributed by atoms with Crippen LogP contribution in [0.3, 0.4) is 0 Å². The molecule has 1 saturated heterocycles. The maximum atomic E-state index is 12.4. The molecule has 3 heteroatoms. The molecule has 0 aliphatic carbocycles. The number of nitrogens with zero attached hydrogens (tertiary/aromatic N) is 1. The van der Waals surface area contributed by atoms with Crippen molar-refractivity contribution in [3.05, 3.63) is 29.3 Å². The summed E-state index contributed by atoms with van der Waals surface area (Å²) in [5.74, 6) is 0.206. The van der Waals surface area contributed by atoms with Gasteiger partial charge in [-0.25, -0.2) is 0 Å². The lowest BCUT2D eigenvalue weighted by molar-refractivity contribution is -0.119. The van der Waals surface area contributed by atoms with Crippen molar-refractivity contribution in [3.63, 3.8) is 0 Å². The molecule has 0 radical (unpaired) electrons. The van der Waals surface area contributed by atoms with E-state index in [1.165, 1.54) is 11.1 Å². The Kier molecular flexibility index (Phi) is 3.44. The van der Waals surface area contributed by atoms with Crippen molar-refractivity contribution in [1.82, 2.24) is 5.32 Å². The van der Waals surface area contributed by atoms with Gasteiger partial charge in [-0.05, 0) is 39.3 Å². The molecule has 1 aliphatic rings. The van der Waals surface area contributed by atoms with Gasteiger partial charge in [0, 0.05) is 25.2 Å². The monoisotopic (exact) mass is 246 g/mol. The zero-order valence-electron chi connectivity index (χ0n) is 11.7. The maximum absolute atomic E-state index is 12.4. The zero-order valence-corrected chi connectivity index (χ0v) is 11.7. The highest BCUT2D eigenvalue weighted by Gasteiger charge is 2.34. The number of nitrogens with one attached hydrogen (secondary N) is 1. The van der Waals surface area contributed by atoms with Crippen LogP contribution in [0.2, 0.25) is 0 Å². The van der Waals surface area contributed by atoms with Gasteiger partial charge in [0.2, 0.25) is 5.91 Å². The van der Waals surface area contributed by atoms with Crippen LogP contribution in [0, 0.1) is 13.8 Å². The maximum Gasteiger partial charge on any atom is 0.228 e. The molecule has 0 bridgehead atoms. The highest BCUT2D eigenvalue weighted by Crippen LogP contribution is 2.29. The third kappa shape index (κ3) is 2.41. The summed E-state index contributed by atoms with van der Waals surface area (Å²) >= 11 is 0. The number of aryl methyl sites for hydroxylation is 2. The van der Waals surface area contributed by atoms with Crippen molar-refractivity contribution in [2.24, 2.45) is 0 Å². The van der Waals surface area contributed by atoms with Crippen molar-refractivity contribution >= 4 is 11.6 Å². The summed E-state index contributed by atoms with van der Waals surface area (Å²) in [6.45, 7) is 9.97. The fourth-order valence-corrected chi connectivity index (χ4v) is 2.63. The Hall–Kier alpha value is -1.35. The smallest absolute Gasteiger partial charge is 0.228 e. The summed E-state index contributed by atoms with van der Waals surface area (Å²) < 4.78 is 0. The molecule has 1 fully saturated rings. The number of hydrogen-bond donors (Lipinski definition) is 1. The van der Waals surface area contributed by atoms with Gasteiger partial charge in [0.15, 0.2) is 0 Å². The van der Waals surface area contributed by atoms with E-state index >= 15 is 0 Å². The molecule has 1 amide bonds. The number of carbonyl (C=O) groups is 1. The van der Waals surface area contributed by atoms with Crippen LogP contribution in [0.5, 0.6) is 0 Å². The van der Waals surface area contributed by atoms with Crippen LogP contribution in [0.1, 0.15) is 31.4 Å². The molecule has 1 heterocycles. The summed E-state index contributed by atoms with van der Waals surface area (Å²) in [6.07, 6.45) is 0.566. The first-order chi connectivity index (χ1) is 8.42. The minimum atomic E-state index is -0.187. The van der Waals surface area contributed by atoms with Crippen LogP contribution < -0.4 is 10.2 Å². The van der Waals surface area contributed by atoms with Crippen LogP contribution in [-0.4, -0.2) is 24.5 Å². The Labute approximate surface area is 109 Å². The van der Waals surface area contributed by atoms with E-state index in [2.05, 4.69) is 51.2 Å². The van der Waals surface area contributed by atoms with Crippen molar-refractivity contribution in [2.45, 2.75) is 39.7 Å². The van der Waals surface area contributed by atoms with Gasteiger partial charge in [-0.3, -0.25) is 4.79 Å². The first-order valence-corrected chi connectivity index (χ1v) is 6.53. The number of benzene rings is 1. The van der Waals surface area contributed by atoms with Gasteiger partial charge in [-0.1, -0.05) is 17.7 Å². The Morgan fingerprint density at radius 1 is 1.28 bits per heavy atom. The molecule has 0 atom stereocenters. The Balaban J connectivity index is 2.47. The van der Waals surface area contributed by atoms with Gasteiger partial charge < -0.3 is 10.2 Å². The standard InChI is InChI=1S/C15H22N2O/c1-11-5-6-13(12(2)9-11)17-14(18)7-8-16-10-15(17,3)4/h5-6,9,16H,7-8,10H2,1-4H3. The van der Waals surface area contributed by atoms with Crippen LogP contribution in [0.25, 0.3) is 0 Å². The quantitative estimate of drug-likeness (QED) is 0.825. The number of rotatable bonds is 1. The third-order valence-electron chi connectivity index (χ3n) is 3.52. The predicted molar refractivity (Wildman–Crippen MR) is 75.0 cm³/mol. The number of carbonyl (C=O) groups excluding carboxylic acids is 1. The molecule has 2 rings (SSSR count). The van der Waals surface area contributed by atoms with E-state index in [0.29, 0.717) is 6.42 Å². The molecule has 18 heavy (non-hydrogen) atoms. The molecular formula is C15H22N2O. The van der Waals surface area contributed by atoms with Crippen molar-refractivity contribution < 1.29 is 4.79 Å². The highest BCUT2D eigenvalue weighted by molar-refractivity contribution is 5.96. The largest absolute Gasteiger partial charge is 0.314 e. The molecule has 1 aromatic rings. The van der Waals surface area contributed by atoms with Crippen LogP contribution >= 0.6 is 0 Å². The summed E-state index contributed by atoms with van der Waals surface area (Å²) in [6, 6.07) is 6.27. The molecule has 0 spiro atoms.